The summed E-state index contributed by atoms with van der Waals surface area (Å²) in [7, 11) is 0. The highest BCUT2D eigenvalue weighted by atomic mass is 32.1. The van der Waals surface area contributed by atoms with Crippen molar-refractivity contribution >= 4 is 32.6 Å². The van der Waals surface area contributed by atoms with Gasteiger partial charge >= 0.3 is 0 Å². The predicted octanol–water partition coefficient (Wildman–Crippen LogP) is 3.46. The number of fused-ring (bicyclic) bond motifs is 1. The molecule has 2 aliphatic rings. The van der Waals surface area contributed by atoms with E-state index in [1.807, 2.05) is 18.7 Å². The average molecular weight is 374 g/mol. The van der Waals surface area contributed by atoms with Gasteiger partial charge in [0.1, 0.15) is 0 Å². The maximum absolute atomic E-state index is 12.9. The van der Waals surface area contributed by atoms with Crippen LogP contribution in [0.3, 0.4) is 0 Å². The minimum Gasteiger partial charge on any atom is -0.372 e. The third-order valence-corrected chi connectivity index (χ3v) is 6.46. The number of rotatable bonds is 2. The van der Waals surface area contributed by atoms with Crippen LogP contribution in [0.4, 0.5) is 5.13 Å². The summed E-state index contributed by atoms with van der Waals surface area (Å²) in [6.07, 6.45) is 2.09. The van der Waals surface area contributed by atoms with Gasteiger partial charge < -0.3 is 14.5 Å². The Morgan fingerprint density at radius 1 is 1.19 bits per heavy atom. The molecule has 26 heavy (non-hydrogen) atoms. The molecule has 140 valence electrons. The molecule has 6 heteroatoms. The van der Waals surface area contributed by atoms with E-state index >= 15 is 0 Å². The SMILES string of the molecule is Cc1ccc2nc(N3CCC(C(=O)N4CC(C)OC(C)C4)CC3)sc2c1. The molecular weight excluding hydrogens is 346 g/mol. The second-order valence-electron chi connectivity index (χ2n) is 7.73. The number of hydrogen-bond acceptors (Lipinski definition) is 5. The van der Waals surface area contributed by atoms with Gasteiger partial charge in [0.2, 0.25) is 5.91 Å². The molecule has 2 fully saturated rings. The van der Waals surface area contributed by atoms with Crippen LogP contribution in [0.5, 0.6) is 0 Å². The summed E-state index contributed by atoms with van der Waals surface area (Å²) < 4.78 is 7.00. The van der Waals surface area contributed by atoms with Crippen molar-refractivity contribution in [2.45, 2.75) is 45.8 Å². The van der Waals surface area contributed by atoms with Crippen LogP contribution in [-0.2, 0) is 9.53 Å². The van der Waals surface area contributed by atoms with Gasteiger partial charge in [0, 0.05) is 32.1 Å². The molecule has 0 bridgehead atoms. The highest BCUT2D eigenvalue weighted by Crippen LogP contribution is 2.32. The van der Waals surface area contributed by atoms with Crippen LogP contribution < -0.4 is 4.90 Å². The number of carbonyl (C=O) groups is 1. The van der Waals surface area contributed by atoms with Crippen LogP contribution in [-0.4, -0.2) is 54.2 Å². The number of thiazole rings is 1. The van der Waals surface area contributed by atoms with Gasteiger partial charge in [-0.2, -0.15) is 0 Å². The van der Waals surface area contributed by atoms with E-state index in [1.54, 1.807) is 11.3 Å². The molecule has 1 aromatic carbocycles. The number of aromatic nitrogens is 1. The number of benzene rings is 1. The summed E-state index contributed by atoms with van der Waals surface area (Å²) >= 11 is 1.76. The molecule has 0 spiro atoms. The number of carbonyl (C=O) groups excluding carboxylic acids is 1. The monoisotopic (exact) mass is 373 g/mol. The molecule has 0 radical (unpaired) electrons. The Kier molecular flexibility index (Phi) is 4.88. The van der Waals surface area contributed by atoms with Gasteiger partial charge in [-0.05, 0) is 51.3 Å². The van der Waals surface area contributed by atoms with Gasteiger partial charge in [-0.15, -0.1) is 0 Å². The largest absolute Gasteiger partial charge is 0.372 e. The molecule has 0 N–H and O–H groups in total. The minimum absolute atomic E-state index is 0.133. The first-order valence-electron chi connectivity index (χ1n) is 9.56. The number of morpholine rings is 1. The zero-order valence-electron chi connectivity index (χ0n) is 15.8. The van der Waals surface area contributed by atoms with Crippen LogP contribution in [0.1, 0.15) is 32.3 Å². The zero-order chi connectivity index (χ0) is 18.3. The van der Waals surface area contributed by atoms with Crippen LogP contribution >= 0.6 is 11.3 Å². The fraction of sp³-hybridized carbons (Fsp3) is 0.600. The highest BCUT2D eigenvalue weighted by molar-refractivity contribution is 7.22. The van der Waals surface area contributed by atoms with Crippen molar-refractivity contribution in [2.75, 3.05) is 31.1 Å². The minimum atomic E-state index is 0.133. The van der Waals surface area contributed by atoms with Crippen molar-refractivity contribution in [3.05, 3.63) is 23.8 Å². The molecule has 3 heterocycles. The first-order chi connectivity index (χ1) is 12.5. The molecule has 1 aromatic heterocycles. The molecule has 2 aliphatic heterocycles. The smallest absolute Gasteiger partial charge is 0.225 e. The summed E-state index contributed by atoms with van der Waals surface area (Å²) in [5.41, 5.74) is 2.34. The Morgan fingerprint density at radius 2 is 1.88 bits per heavy atom. The zero-order valence-corrected chi connectivity index (χ0v) is 16.6. The molecule has 2 aromatic rings. The number of nitrogens with zero attached hydrogens (tertiary/aromatic N) is 3. The van der Waals surface area contributed by atoms with Gasteiger partial charge in [-0.3, -0.25) is 4.79 Å². The molecule has 2 atom stereocenters. The van der Waals surface area contributed by atoms with E-state index in [-0.39, 0.29) is 18.1 Å². The third kappa shape index (κ3) is 3.58. The van der Waals surface area contributed by atoms with Gasteiger partial charge in [-0.1, -0.05) is 17.4 Å². The van der Waals surface area contributed by atoms with Gasteiger partial charge in [0.25, 0.3) is 0 Å². The molecule has 0 saturated carbocycles. The van der Waals surface area contributed by atoms with Crippen molar-refractivity contribution in [3.8, 4) is 0 Å². The lowest BCUT2D eigenvalue weighted by molar-refractivity contribution is -0.148. The first-order valence-corrected chi connectivity index (χ1v) is 10.4. The number of hydrogen-bond donors (Lipinski definition) is 0. The summed E-state index contributed by atoms with van der Waals surface area (Å²) in [4.78, 5) is 22.0. The third-order valence-electron chi connectivity index (χ3n) is 5.38. The van der Waals surface area contributed by atoms with Gasteiger partial charge in [0.15, 0.2) is 5.13 Å². The molecule has 2 saturated heterocycles. The lowest BCUT2D eigenvalue weighted by atomic mass is 9.95. The van der Waals surface area contributed by atoms with Crippen molar-refractivity contribution in [1.29, 1.82) is 0 Å². The Bertz CT molecular complexity index is 787. The standard InChI is InChI=1S/C20H27N3O2S/c1-13-4-5-17-18(10-13)26-20(21-17)22-8-6-16(7-9-22)19(24)23-11-14(2)25-15(3)12-23/h4-5,10,14-16H,6-9,11-12H2,1-3H3. The lowest BCUT2D eigenvalue weighted by Gasteiger charge is -2.39. The average Bonchev–Trinajstić information content (AvgIpc) is 3.03. The second kappa shape index (κ2) is 7.16. The van der Waals surface area contributed by atoms with Crippen molar-refractivity contribution in [3.63, 3.8) is 0 Å². The normalized spacial score (nSPS) is 25.0. The summed E-state index contributed by atoms with van der Waals surface area (Å²) in [5, 5.41) is 1.09. The Balaban J connectivity index is 1.39. The first kappa shape index (κ1) is 17.7. The molecular formula is C20H27N3O2S. The Hall–Kier alpha value is -1.66. The number of piperidine rings is 1. The van der Waals surface area contributed by atoms with E-state index in [0.29, 0.717) is 5.91 Å². The van der Waals surface area contributed by atoms with Crippen molar-refractivity contribution < 1.29 is 9.53 Å². The van der Waals surface area contributed by atoms with Crippen LogP contribution in [0, 0.1) is 12.8 Å². The van der Waals surface area contributed by atoms with Crippen LogP contribution in [0.2, 0.25) is 0 Å². The molecule has 5 nitrogen and oxygen atoms in total. The Labute approximate surface area is 159 Å². The fourth-order valence-corrected chi connectivity index (χ4v) is 5.20. The van der Waals surface area contributed by atoms with Crippen LogP contribution in [0.25, 0.3) is 10.2 Å². The summed E-state index contributed by atoms with van der Waals surface area (Å²) in [5.74, 6) is 0.451. The number of amides is 1. The van der Waals surface area contributed by atoms with Crippen molar-refractivity contribution in [2.24, 2.45) is 5.92 Å². The number of aryl methyl sites for hydroxylation is 1. The van der Waals surface area contributed by atoms with Gasteiger partial charge in [0.05, 0.1) is 22.4 Å². The van der Waals surface area contributed by atoms with E-state index in [0.717, 1.165) is 49.7 Å². The summed E-state index contributed by atoms with van der Waals surface area (Å²) in [6, 6.07) is 6.41. The maximum Gasteiger partial charge on any atom is 0.225 e. The number of anilines is 1. The molecule has 4 rings (SSSR count). The number of ether oxygens (including phenoxy) is 1. The van der Waals surface area contributed by atoms with E-state index in [4.69, 9.17) is 9.72 Å². The van der Waals surface area contributed by atoms with Crippen LogP contribution in [0.15, 0.2) is 18.2 Å². The molecule has 1 amide bonds. The molecule has 2 unspecified atom stereocenters. The maximum atomic E-state index is 12.9. The topological polar surface area (TPSA) is 45.7 Å². The van der Waals surface area contributed by atoms with E-state index in [9.17, 15) is 4.79 Å². The predicted molar refractivity (Wildman–Crippen MR) is 106 cm³/mol. The quantitative estimate of drug-likeness (QED) is 0.809. The van der Waals surface area contributed by atoms with Gasteiger partial charge in [-0.25, -0.2) is 4.98 Å². The summed E-state index contributed by atoms with van der Waals surface area (Å²) in [6.45, 7) is 9.47. The lowest BCUT2D eigenvalue weighted by Crippen LogP contribution is -2.51. The Morgan fingerprint density at radius 3 is 2.58 bits per heavy atom. The highest BCUT2D eigenvalue weighted by Gasteiger charge is 2.33. The van der Waals surface area contributed by atoms with E-state index in [1.165, 1.54) is 10.3 Å². The van der Waals surface area contributed by atoms with Crippen molar-refractivity contribution in [1.82, 2.24) is 9.88 Å². The van der Waals surface area contributed by atoms with E-state index < -0.39 is 0 Å². The van der Waals surface area contributed by atoms with E-state index in [2.05, 4.69) is 30.0 Å². The fourth-order valence-electron chi connectivity index (χ4n) is 4.09. The second-order valence-corrected chi connectivity index (χ2v) is 8.74. The molecule has 0 aliphatic carbocycles.